The van der Waals surface area contributed by atoms with E-state index in [4.69, 9.17) is 16.3 Å². The SMILES string of the molecule is CCCNC(=O)[C@@H](C)NC(=O)c1cc(Cl)ccc1OC. The first-order valence-corrected chi connectivity index (χ1v) is 6.79. The van der Waals surface area contributed by atoms with Crippen LogP contribution in [0.15, 0.2) is 18.2 Å². The number of methoxy groups -OCH3 is 1. The van der Waals surface area contributed by atoms with Crippen LogP contribution in [0.3, 0.4) is 0 Å². The monoisotopic (exact) mass is 298 g/mol. The van der Waals surface area contributed by atoms with Crippen LogP contribution >= 0.6 is 11.6 Å². The molecule has 1 aromatic rings. The minimum absolute atomic E-state index is 0.221. The fourth-order valence-corrected chi connectivity index (χ4v) is 1.77. The summed E-state index contributed by atoms with van der Waals surface area (Å²) in [6, 6.07) is 4.12. The van der Waals surface area contributed by atoms with Gasteiger partial charge >= 0.3 is 0 Å². The van der Waals surface area contributed by atoms with Gasteiger partial charge in [-0.1, -0.05) is 18.5 Å². The highest BCUT2D eigenvalue weighted by molar-refractivity contribution is 6.31. The second-order valence-corrected chi connectivity index (χ2v) is 4.77. The number of benzene rings is 1. The zero-order valence-corrected chi connectivity index (χ0v) is 12.6. The molecular weight excluding hydrogens is 280 g/mol. The van der Waals surface area contributed by atoms with Gasteiger partial charge in [-0.3, -0.25) is 9.59 Å². The maximum absolute atomic E-state index is 12.1. The molecule has 0 aliphatic carbocycles. The first-order chi connectivity index (χ1) is 9.49. The van der Waals surface area contributed by atoms with Crippen molar-refractivity contribution in [1.29, 1.82) is 0 Å². The summed E-state index contributed by atoms with van der Waals surface area (Å²) in [6.45, 7) is 4.17. The number of carbonyl (C=O) groups is 2. The molecule has 0 aliphatic rings. The van der Waals surface area contributed by atoms with Gasteiger partial charge in [0.05, 0.1) is 12.7 Å². The molecule has 1 rings (SSSR count). The zero-order chi connectivity index (χ0) is 15.1. The van der Waals surface area contributed by atoms with Gasteiger partial charge in [0.15, 0.2) is 0 Å². The number of hydrogen-bond acceptors (Lipinski definition) is 3. The van der Waals surface area contributed by atoms with Gasteiger partial charge in [0.2, 0.25) is 5.91 Å². The van der Waals surface area contributed by atoms with Crippen LogP contribution in [0.1, 0.15) is 30.6 Å². The van der Waals surface area contributed by atoms with Crippen molar-refractivity contribution in [2.24, 2.45) is 0 Å². The number of hydrogen-bond donors (Lipinski definition) is 2. The number of carbonyl (C=O) groups excluding carboxylic acids is 2. The van der Waals surface area contributed by atoms with E-state index >= 15 is 0 Å². The Bertz CT molecular complexity index is 491. The molecular formula is C14H19ClN2O3. The molecule has 6 heteroatoms. The van der Waals surface area contributed by atoms with Crippen LogP contribution < -0.4 is 15.4 Å². The highest BCUT2D eigenvalue weighted by atomic mass is 35.5. The van der Waals surface area contributed by atoms with Crippen LogP contribution in [-0.4, -0.2) is 31.5 Å². The van der Waals surface area contributed by atoms with E-state index in [2.05, 4.69) is 10.6 Å². The molecule has 0 bridgehead atoms. The van der Waals surface area contributed by atoms with E-state index in [0.717, 1.165) is 6.42 Å². The van der Waals surface area contributed by atoms with Crippen molar-refractivity contribution in [3.05, 3.63) is 28.8 Å². The summed E-state index contributed by atoms with van der Waals surface area (Å²) in [5.74, 6) is -0.210. The van der Waals surface area contributed by atoms with Gasteiger partial charge in [-0.25, -0.2) is 0 Å². The summed E-state index contributed by atoms with van der Waals surface area (Å²) in [7, 11) is 1.47. The smallest absolute Gasteiger partial charge is 0.255 e. The number of amides is 2. The molecule has 0 spiro atoms. The maximum Gasteiger partial charge on any atom is 0.255 e. The van der Waals surface area contributed by atoms with Gasteiger partial charge in [0.25, 0.3) is 5.91 Å². The van der Waals surface area contributed by atoms with Gasteiger partial charge in [0.1, 0.15) is 11.8 Å². The van der Waals surface area contributed by atoms with E-state index in [-0.39, 0.29) is 5.91 Å². The number of rotatable bonds is 6. The van der Waals surface area contributed by atoms with E-state index in [1.54, 1.807) is 19.1 Å². The Morgan fingerprint density at radius 1 is 1.40 bits per heavy atom. The van der Waals surface area contributed by atoms with Gasteiger partial charge in [-0.15, -0.1) is 0 Å². The lowest BCUT2D eigenvalue weighted by molar-refractivity contribution is -0.122. The molecule has 5 nitrogen and oxygen atoms in total. The molecule has 0 heterocycles. The Morgan fingerprint density at radius 2 is 2.10 bits per heavy atom. The third-order valence-corrected chi connectivity index (χ3v) is 2.93. The molecule has 20 heavy (non-hydrogen) atoms. The van der Waals surface area contributed by atoms with Gasteiger partial charge in [-0.2, -0.15) is 0 Å². The average molecular weight is 299 g/mol. The minimum atomic E-state index is -0.627. The van der Waals surface area contributed by atoms with E-state index in [1.807, 2.05) is 6.92 Å². The number of nitrogens with one attached hydrogen (secondary N) is 2. The first kappa shape index (κ1) is 16.3. The molecule has 0 unspecified atom stereocenters. The topological polar surface area (TPSA) is 67.4 Å². The third-order valence-electron chi connectivity index (χ3n) is 2.70. The maximum atomic E-state index is 12.1. The van der Waals surface area contributed by atoms with Gasteiger partial charge < -0.3 is 15.4 Å². The van der Waals surface area contributed by atoms with Crippen molar-refractivity contribution in [2.45, 2.75) is 26.3 Å². The molecule has 0 aliphatic heterocycles. The third kappa shape index (κ3) is 4.42. The first-order valence-electron chi connectivity index (χ1n) is 6.41. The van der Waals surface area contributed by atoms with Crippen LogP contribution in [0.2, 0.25) is 5.02 Å². The summed E-state index contributed by atoms with van der Waals surface area (Å²) in [4.78, 5) is 23.8. The molecule has 0 saturated carbocycles. The molecule has 2 N–H and O–H groups in total. The number of halogens is 1. The Morgan fingerprint density at radius 3 is 2.70 bits per heavy atom. The summed E-state index contributed by atoms with van der Waals surface area (Å²) in [6.07, 6.45) is 0.842. The molecule has 1 atom stereocenters. The second kappa shape index (κ2) is 7.75. The van der Waals surface area contributed by atoms with Crippen LogP contribution in [-0.2, 0) is 4.79 Å². The lowest BCUT2D eigenvalue weighted by Crippen LogP contribution is -2.45. The standard InChI is InChI=1S/C14H19ClN2O3/c1-4-7-16-13(18)9(2)17-14(19)11-8-10(15)5-6-12(11)20-3/h5-6,8-9H,4,7H2,1-3H3,(H,16,18)(H,17,19)/t9-/m1/s1. The fraction of sp³-hybridized carbons (Fsp3) is 0.429. The Kier molecular flexibility index (Phi) is 6.31. The molecule has 2 amide bonds. The summed E-state index contributed by atoms with van der Waals surface area (Å²) < 4.78 is 5.11. The van der Waals surface area contributed by atoms with Gasteiger partial charge in [0, 0.05) is 11.6 Å². The summed E-state index contributed by atoms with van der Waals surface area (Å²) >= 11 is 5.87. The molecule has 1 aromatic carbocycles. The second-order valence-electron chi connectivity index (χ2n) is 4.33. The molecule has 110 valence electrons. The lowest BCUT2D eigenvalue weighted by Gasteiger charge is -2.15. The molecule has 0 fully saturated rings. The fourth-order valence-electron chi connectivity index (χ4n) is 1.60. The average Bonchev–Trinajstić information content (AvgIpc) is 2.44. The predicted molar refractivity (Wildman–Crippen MR) is 78.2 cm³/mol. The van der Waals surface area contributed by atoms with Crippen molar-refractivity contribution in [2.75, 3.05) is 13.7 Å². The Hall–Kier alpha value is -1.75. The Balaban J connectivity index is 2.75. The predicted octanol–water partition coefficient (Wildman–Crippen LogP) is 1.99. The quantitative estimate of drug-likeness (QED) is 0.844. The highest BCUT2D eigenvalue weighted by Gasteiger charge is 2.19. The van der Waals surface area contributed by atoms with Crippen molar-refractivity contribution in [3.8, 4) is 5.75 Å². The summed E-state index contributed by atoms with van der Waals surface area (Å²) in [5.41, 5.74) is 0.301. The van der Waals surface area contributed by atoms with E-state index in [0.29, 0.717) is 22.9 Å². The molecule has 0 saturated heterocycles. The van der Waals surface area contributed by atoms with E-state index < -0.39 is 11.9 Å². The zero-order valence-electron chi connectivity index (χ0n) is 11.8. The van der Waals surface area contributed by atoms with Crippen LogP contribution in [0.5, 0.6) is 5.75 Å². The Labute approximate surface area is 123 Å². The lowest BCUT2D eigenvalue weighted by atomic mass is 10.1. The highest BCUT2D eigenvalue weighted by Crippen LogP contribution is 2.22. The van der Waals surface area contributed by atoms with E-state index in [1.165, 1.54) is 13.2 Å². The van der Waals surface area contributed by atoms with Crippen LogP contribution in [0.4, 0.5) is 0 Å². The summed E-state index contributed by atoms with van der Waals surface area (Å²) in [5, 5.41) is 5.76. The van der Waals surface area contributed by atoms with Crippen LogP contribution in [0, 0.1) is 0 Å². The molecule has 0 radical (unpaired) electrons. The number of ether oxygens (including phenoxy) is 1. The molecule has 0 aromatic heterocycles. The minimum Gasteiger partial charge on any atom is -0.496 e. The van der Waals surface area contributed by atoms with Crippen molar-refractivity contribution in [3.63, 3.8) is 0 Å². The normalized spacial score (nSPS) is 11.6. The van der Waals surface area contributed by atoms with Crippen molar-refractivity contribution in [1.82, 2.24) is 10.6 Å². The van der Waals surface area contributed by atoms with Crippen molar-refractivity contribution < 1.29 is 14.3 Å². The van der Waals surface area contributed by atoms with Crippen molar-refractivity contribution >= 4 is 23.4 Å². The largest absolute Gasteiger partial charge is 0.496 e. The van der Waals surface area contributed by atoms with Gasteiger partial charge in [-0.05, 0) is 31.5 Å². The van der Waals surface area contributed by atoms with E-state index in [9.17, 15) is 9.59 Å². The van der Waals surface area contributed by atoms with Crippen LogP contribution in [0.25, 0.3) is 0 Å².